The Kier molecular flexibility index (Phi) is 4.32. The summed E-state index contributed by atoms with van der Waals surface area (Å²) < 4.78 is 0. The Morgan fingerprint density at radius 2 is 2.11 bits per heavy atom. The molecule has 1 aromatic heterocycles. The van der Waals surface area contributed by atoms with E-state index < -0.39 is 0 Å². The van der Waals surface area contributed by atoms with Gasteiger partial charge >= 0.3 is 0 Å². The third-order valence-electron chi connectivity index (χ3n) is 2.59. The molecule has 4 heteroatoms. The van der Waals surface area contributed by atoms with Gasteiger partial charge in [-0.15, -0.1) is 11.3 Å². The van der Waals surface area contributed by atoms with Crippen molar-refractivity contribution < 1.29 is 0 Å². The standard InChI is InChI=1S/C14H15N3S/c1-11-2-4-12(5-3-11)16-9-7-13-10-18-14(17-13)6-8-15/h2-5,10,16H,6-7,9H2,1H3. The largest absolute Gasteiger partial charge is 0.385 e. The van der Waals surface area contributed by atoms with Gasteiger partial charge in [0.2, 0.25) is 0 Å². The van der Waals surface area contributed by atoms with E-state index in [0.717, 1.165) is 29.4 Å². The third kappa shape index (κ3) is 3.57. The van der Waals surface area contributed by atoms with Gasteiger partial charge in [0.15, 0.2) is 0 Å². The van der Waals surface area contributed by atoms with Crippen LogP contribution in [-0.4, -0.2) is 11.5 Å². The van der Waals surface area contributed by atoms with E-state index in [2.05, 4.69) is 47.6 Å². The minimum atomic E-state index is 0.413. The van der Waals surface area contributed by atoms with Crippen LogP contribution in [0.15, 0.2) is 29.6 Å². The lowest BCUT2D eigenvalue weighted by atomic mass is 10.2. The van der Waals surface area contributed by atoms with Gasteiger partial charge in [-0.1, -0.05) is 17.7 Å². The highest BCUT2D eigenvalue weighted by Gasteiger charge is 2.01. The molecule has 0 saturated heterocycles. The molecule has 2 aromatic rings. The highest BCUT2D eigenvalue weighted by molar-refractivity contribution is 7.09. The smallest absolute Gasteiger partial charge is 0.107 e. The van der Waals surface area contributed by atoms with Crippen molar-refractivity contribution in [1.29, 1.82) is 5.26 Å². The average molecular weight is 257 g/mol. The van der Waals surface area contributed by atoms with Gasteiger partial charge < -0.3 is 5.32 Å². The summed E-state index contributed by atoms with van der Waals surface area (Å²) in [7, 11) is 0. The number of hydrogen-bond donors (Lipinski definition) is 1. The lowest BCUT2D eigenvalue weighted by Gasteiger charge is -2.05. The molecule has 0 unspecified atom stereocenters. The van der Waals surface area contributed by atoms with Crippen LogP contribution in [0.1, 0.15) is 16.3 Å². The van der Waals surface area contributed by atoms with Crippen LogP contribution in [0, 0.1) is 18.3 Å². The number of nitrogens with one attached hydrogen (secondary N) is 1. The quantitative estimate of drug-likeness (QED) is 0.895. The Labute approximate surface area is 111 Å². The highest BCUT2D eigenvalue weighted by Crippen LogP contribution is 2.12. The van der Waals surface area contributed by atoms with Crippen LogP contribution < -0.4 is 5.32 Å². The lowest BCUT2D eigenvalue weighted by molar-refractivity contribution is 0.962. The monoisotopic (exact) mass is 257 g/mol. The van der Waals surface area contributed by atoms with Crippen molar-refractivity contribution in [2.24, 2.45) is 0 Å². The van der Waals surface area contributed by atoms with E-state index in [9.17, 15) is 0 Å². The summed E-state index contributed by atoms with van der Waals surface area (Å²) in [4.78, 5) is 4.40. The number of hydrogen-bond acceptors (Lipinski definition) is 4. The molecule has 0 spiro atoms. The second kappa shape index (κ2) is 6.18. The van der Waals surface area contributed by atoms with Crippen molar-refractivity contribution in [1.82, 2.24) is 4.98 Å². The fraction of sp³-hybridized carbons (Fsp3) is 0.286. The van der Waals surface area contributed by atoms with E-state index in [1.807, 2.05) is 5.38 Å². The van der Waals surface area contributed by atoms with E-state index in [1.165, 1.54) is 5.56 Å². The molecule has 0 radical (unpaired) electrons. The molecule has 0 aliphatic carbocycles. The van der Waals surface area contributed by atoms with Gasteiger partial charge in [0.1, 0.15) is 5.01 Å². The van der Waals surface area contributed by atoms with Crippen LogP contribution in [0.25, 0.3) is 0 Å². The molecule has 3 nitrogen and oxygen atoms in total. The summed E-state index contributed by atoms with van der Waals surface area (Å²) in [5.41, 5.74) is 3.46. The van der Waals surface area contributed by atoms with Crippen molar-refractivity contribution in [3.05, 3.63) is 45.9 Å². The molecule has 92 valence electrons. The van der Waals surface area contributed by atoms with Crippen molar-refractivity contribution in [3.63, 3.8) is 0 Å². The molecular weight excluding hydrogens is 242 g/mol. The number of aryl methyl sites for hydroxylation is 1. The molecule has 1 N–H and O–H groups in total. The van der Waals surface area contributed by atoms with Gasteiger partial charge in [-0.25, -0.2) is 4.98 Å². The maximum atomic E-state index is 8.58. The molecule has 0 bridgehead atoms. The van der Waals surface area contributed by atoms with Gasteiger partial charge in [-0.05, 0) is 19.1 Å². The molecule has 1 heterocycles. The molecule has 18 heavy (non-hydrogen) atoms. The summed E-state index contributed by atoms with van der Waals surface area (Å²) in [6, 6.07) is 10.5. The maximum Gasteiger partial charge on any atom is 0.107 e. The zero-order chi connectivity index (χ0) is 12.8. The highest BCUT2D eigenvalue weighted by atomic mass is 32.1. The predicted molar refractivity (Wildman–Crippen MR) is 74.8 cm³/mol. The average Bonchev–Trinajstić information content (AvgIpc) is 2.80. The van der Waals surface area contributed by atoms with Gasteiger partial charge in [0, 0.05) is 24.0 Å². The van der Waals surface area contributed by atoms with Gasteiger partial charge in [0.05, 0.1) is 18.2 Å². The van der Waals surface area contributed by atoms with E-state index in [4.69, 9.17) is 5.26 Å². The van der Waals surface area contributed by atoms with Crippen LogP contribution in [-0.2, 0) is 12.8 Å². The number of rotatable bonds is 5. The fourth-order valence-corrected chi connectivity index (χ4v) is 2.38. The molecule has 0 fully saturated rings. The number of thiazole rings is 1. The van der Waals surface area contributed by atoms with Crippen molar-refractivity contribution in [2.75, 3.05) is 11.9 Å². The Balaban J connectivity index is 1.81. The van der Waals surface area contributed by atoms with Crippen LogP contribution in [0.2, 0.25) is 0 Å². The molecule has 0 aliphatic rings. The number of nitrogens with zero attached hydrogens (tertiary/aromatic N) is 2. The predicted octanol–water partition coefficient (Wildman–Crippen LogP) is 3.17. The summed E-state index contributed by atoms with van der Waals surface area (Å²) in [6.45, 7) is 2.94. The van der Waals surface area contributed by atoms with E-state index in [1.54, 1.807) is 11.3 Å². The summed E-state index contributed by atoms with van der Waals surface area (Å²) in [5.74, 6) is 0. The normalized spacial score (nSPS) is 10.0. The first-order valence-corrected chi connectivity index (χ1v) is 6.76. The third-order valence-corrected chi connectivity index (χ3v) is 3.49. The zero-order valence-corrected chi connectivity index (χ0v) is 11.1. The summed E-state index contributed by atoms with van der Waals surface area (Å²) in [5, 5.41) is 14.9. The van der Waals surface area contributed by atoms with Crippen LogP contribution in [0.3, 0.4) is 0 Å². The summed E-state index contributed by atoms with van der Waals surface area (Å²) >= 11 is 1.56. The van der Waals surface area contributed by atoms with Gasteiger partial charge in [0.25, 0.3) is 0 Å². The number of aromatic nitrogens is 1. The fourth-order valence-electron chi connectivity index (χ4n) is 1.62. The minimum Gasteiger partial charge on any atom is -0.385 e. The summed E-state index contributed by atoms with van der Waals surface area (Å²) in [6.07, 6.45) is 1.30. The van der Waals surface area contributed by atoms with E-state index >= 15 is 0 Å². The molecule has 0 atom stereocenters. The molecule has 0 aliphatic heterocycles. The second-order valence-corrected chi connectivity index (χ2v) is 5.05. The zero-order valence-electron chi connectivity index (χ0n) is 10.3. The van der Waals surface area contributed by atoms with Crippen molar-refractivity contribution in [2.45, 2.75) is 19.8 Å². The molecule has 0 amide bonds. The molecule has 0 saturated carbocycles. The van der Waals surface area contributed by atoms with E-state index in [0.29, 0.717) is 6.42 Å². The van der Waals surface area contributed by atoms with Gasteiger partial charge in [-0.2, -0.15) is 5.26 Å². The Morgan fingerprint density at radius 3 is 2.83 bits per heavy atom. The Hall–Kier alpha value is -1.86. The number of benzene rings is 1. The second-order valence-electron chi connectivity index (χ2n) is 4.11. The van der Waals surface area contributed by atoms with Crippen LogP contribution in [0.5, 0.6) is 0 Å². The van der Waals surface area contributed by atoms with Crippen molar-refractivity contribution >= 4 is 17.0 Å². The van der Waals surface area contributed by atoms with Crippen LogP contribution >= 0.6 is 11.3 Å². The topological polar surface area (TPSA) is 48.7 Å². The minimum absolute atomic E-state index is 0.413. The first kappa shape index (κ1) is 12.6. The van der Waals surface area contributed by atoms with Crippen LogP contribution in [0.4, 0.5) is 5.69 Å². The Bertz CT molecular complexity index is 537. The Morgan fingerprint density at radius 1 is 1.33 bits per heavy atom. The molecular formula is C14H15N3S. The first-order valence-electron chi connectivity index (χ1n) is 5.88. The maximum absolute atomic E-state index is 8.58. The van der Waals surface area contributed by atoms with E-state index in [-0.39, 0.29) is 0 Å². The van der Waals surface area contributed by atoms with Crippen molar-refractivity contribution in [3.8, 4) is 6.07 Å². The molecule has 1 aromatic carbocycles. The molecule has 2 rings (SSSR count). The number of nitriles is 1. The number of anilines is 1. The lowest BCUT2D eigenvalue weighted by Crippen LogP contribution is -2.05. The van der Waals surface area contributed by atoms with Gasteiger partial charge in [-0.3, -0.25) is 0 Å². The first-order chi connectivity index (χ1) is 8.78. The SMILES string of the molecule is Cc1ccc(NCCc2csc(CC#N)n2)cc1.